The van der Waals surface area contributed by atoms with E-state index < -0.39 is 0 Å². The third-order valence-corrected chi connectivity index (χ3v) is 5.24. The molecular formula is C16H12N6OS2. The van der Waals surface area contributed by atoms with Gasteiger partial charge >= 0.3 is 0 Å². The Morgan fingerprint density at radius 3 is 2.84 bits per heavy atom. The van der Waals surface area contributed by atoms with Gasteiger partial charge in [-0.1, -0.05) is 6.07 Å². The Bertz CT molecular complexity index is 977. The molecule has 2 N–H and O–H groups in total. The van der Waals surface area contributed by atoms with Crippen molar-refractivity contribution in [1.82, 2.24) is 30.5 Å². The number of hydrogen-bond acceptors (Lipinski definition) is 7. The number of nitrogens with one attached hydrogen (secondary N) is 2. The molecule has 7 nitrogen and oxygen atoms in total. The maximum atomic E-state index is 12.2. The van der Waals surface area contributed by atoms with Crippen molar-refractivity contribution in [3.05, 3.63) is 58.9 Å². The van der Waals surface area contributed by atoms with E-state index in [0.29, 0.717) is 17.3 Å². The standard InChI is InChI=1S/C16H12N6OS2/c23-15(11-9-25-16(19-11)12-2-1-7-24-12)18-8-13-20-14(22-21-13)10-3-5-17-6-4-10/h1-7,9H,8H2,(H,18,23)(H,20,21,22). The van der Waals surface area contributed by atoms with Gasteiger partial charge in [0.1, 0.15) is 16.5 Å². The zero-order valence-electron chi connectivity index (χ0n) is 12.8. The second-order valence-electron chi connectivity index (χ2n) is 5.04. The lowest BCUT2D eigenvalue weighted by Crippen LogP contribution is -2.23. The number of H-pyrrole nitrogens is 1. The molecule has 0 saturated carbocycles. The molecule has 0 bridgehead atoms. The summed E-state index contributed by atoms with van der Waals surface area (Å²) in [6, 6.07) is 7.60. The van der Waals surface area contributed by atoms with Crippen LogP contribution in [0.2, 0.25) is 0 Å². The molecule has 0 aromatic carbocycles. The third kappa shape index (κ3) is 3.47. The van der Waals surface area contributed by atoms with Gasteiger partial charge in [0, 0.05) is 23.3 Å². The molecule has 0 aliphatic heterocycles. The summed E-state index contributed by atoms with van der Waals surface area (Å²) in [7, 11) is 0. The van der Waals surface area contributed by atoms with Crippen LogP contribution in [0.5, 0.6) is 0 Å². The molecule has 25 heavy (non-hydrogen) atoms. The molecule has 4 heterocycles. The molecule has 124 valence electrons. The zero-order valence-corrected chi connectivity index (χ0v) is 14.5. The molecule has 4 rings (SSSR count). The van der Waals surface area contributed by atoms with Crippen molar-refractivity contribution in [2.45, 2.75) is 6.54 Å². The summed E-state index contributed by atoms with van der Waals surface area (Å²) in [6.45, 7) is 0.253. The fourth-order valence-electron chi connectivity index (χ4n) is 2.15. The minimum Gasteiger partial charge on any atom is -0.343 e. The average Bonchev–Trinajstić information content (AvgIpc) is 3.41. The first-order valence-electron chi connectivity index (χ1n) is 7.39. The Hall–Kier alpha value is -2.91. The van der Waals surface area contributed by atoms with E-state index in [0.717, 1.165) is 15.4 Å². The molecule has 0 aliphatic carbocycles. The van der Waals surface area contributed by atoms with Crippen molar-refractivity contribution in [2.24, 2.45) is 0 Å². The molecule has 4 aromatic rings. The van der Waals surface area contributed by atoms with Gasteiger partial charge in [-0.05, 0) is 23.6 Å². The van der Waals surface area contributed by atoms with Crippen molar-refractivity contribution >= 4 is 28.6 Å². The number of nitrogens with zero attached hydrogens (tertiary/aromatic N) is 4. The largest absolute Gasteiger partial charge is 0.343 e. The maximum absolute atomic E-state index is 12.2. The first kappa shape index (κ1) is 15.6. The topological polar surface area (TPSA) is 96.5 Å². The Morgan fingerprint density at radius 2 is 2.04 bits per heavy atom. The molecule has 9 heteroatoms. The first-order chi connectivity index (χ1) is 12.3. The third-order valence-electron chi connectivity index (χ3n) is 3.36. The summed E-state index contributed by atoms with van der Waals surface area (Å²) in [6.07, 6.45) is 3.36. The van der Waals surface area contributed by atoms with Crippen LogP contribution in [-0.2, 0) is 6.54 Å². The highest BCUT2D eigenvalue weighted by Crippen LogP contribution is 2.27. The molecule has 1 amide bonds. The normalized spacial score (nSPS) is 10.7. The second-order valence-corrected chi connectivity index (χ2v) is 6.85. The summed E-state index contributed by atoms with van der Waals surface area (Å²) in [5.41, 5.74) is 1.27. The highest BCUT2D eigenvalue weighted by atomic mass is 32.1. The van der Waals surface area contributed by atoms with Crippen LogP contribution in [0.25, 0.3) is 21.3 Å². The van der Waals surface area contributed by atoms with Crippen LogP contribution in [-0.4, -0.2) is 31.1 Å². The molecule has 0 atom stereocenters. The number of carbonyl (C=O) groups excluding carboxylic acids is 1. The summed E-state index contributed by atoms with van der Waals surface area (Å²) in [4.78, 5) is 26.0. The molecule has 0 radical (unpaired) electrons. The fourth-order valence-corrected chi connectivity index (χ4v) is 3.76. The number of thiazole rings is 1. The number of amides is 1. The van der Waals surface area contributed by atoms with Crippen molar-refractivity contribution in [3.63, 3.8) is 0 Å². The molecule has 4 aromatic heterocycles. The van der Waals surface area contributed by atoms with Crippen LogP contribution in [0.4, 0.5) is 0 Å². The van der Waals surface area contributed by atoms with Gasteiger partial charge in [0.15, 0.2) is 5.82 Å². The quantitative estimate of drug-likeness (QED) is 0.564. The monoisotopic (exact) mass is 368 g/mol. The number of thiophene rings is 1. The SMILES string of the molecule is O=C(NCc1nc(-c2ccncc2)n[nH]1)c1csc(-c2cccs2)n1. The highest BCUT2D eigenvalue weighted by Gasteiger charge is 2.13. The van der Waals surface area contributed by atoms with Crippen molar-refractivity contribution in [3.8, 4) is 21.3 Å². The summed E-state index contributed by atoms with van der Waals surface area (Å²) >= 11 is 3.06. The van der Waals surface area contributed by atoms with Gasteiger partial charge in [0.2, 0.25) is 0 Å². The summed E-state index contributed by atoms with van der Waals surface area (Å²) < 4.78 is 0. The summed E-state index contributed by atoms with van der Waals surface area (Å²) in [5, 5.41) is 14.4. The van der Waals surface area contributed by atoms with Crippen LogP contribution in [0.3, 0.4) is 0 Å². The lowest BCUT2D eigenvalue weighted by Gasteiger charge is -1.99. The van der Waals surface area contributed by atoms with E-state index in [1.54, 1.807) is 29.1 Å². The number of hydrogen-bond donors (Lipinski definition) is 2. The predicted octanol–water partition coefficient (Wildman–Crippen LogP) is 2.98. The Labute approximate surface area is 150 Å². The maximum Gasteiger partial charge on any atom is 0.271 e. The molecule has 0 aliphatic rings. The second kappa shape index (κ2) is 6.91. The van der Waals surface area contributed by atoms with E-state index in [1.807, 2.05) is 29.6 Å². The van der Waals surface area contributed by atoms with Gasteiger partial charge in [0.05, 0.1) is 11.4 Å². The van der Waals surface area contributed by atoms with E-state index in [4.69, 9.17) is 0 Å². The van der Waals surface area contributed by atoms with Gasteiger partial charge in [-0.15, -0.1) is 22.7 Å². The van der Waals surface area contributed by atoms with Crippen molar-refractivity contribution in [1.29, 1.82) is 0 Å². The zero-order chi connectivity index (χ0) is 17.1. The minimum absolute atomic E-state index is 0.235. The van der Waals surface area contributed by atoms with E-state index in [1.165, 1.54) is 11.3 Å². The van der Waals surface area contributed by atoms with E-state index in [2.05, 4.69) is 30.5 Å². The van der Waals surface area contributed by atoms with Crippen LogP contribution < -0.4 is 5.32 Å². The first-order valence-corrected chi connectivity index (χ1v) is 9.15. The Balaban J connectivity index is 1.40. The fraction of sp³-hybridized carbons (Fsp3) is 0.0625. The Morgan fingerprint density at radius 1 is 1.16 bits per heavy atom. The van der Waals surface area contributed by atoms with Crippen LogP contribution in [0, 0.1) is 0 Å². The lowest BCUT2D eigenvalue weighted by molar-refractivity contribution is 0.0945. The van der Waals surface area contributed by atoms with Gasteiger partial charge in [0.25, 0.3) is 5.91 Å². The van der Waals surface area contributed by atoms with Crippen molar-refractivity contribution in [2.75, 3.05) is 0 Å². The van der Waals surface area contributed by atoms with Gasteiger partial charge in [-0.2, -0.15) is 5.10 Å². The van der Waals surface area contributed by atoms with Crippen LogP contribution >= 0.6 is 22.7 Å². The van der Waals surface area contributed by atoms with E-state index in [9.17, 15) is 4.79 Å². The number of carbonyl (C=O) groups is 1. The van der Waals surface area contributed by atoms with Crippen molar-refractivity contribution < 1.29 is 4.79 Å². The molecule has 0 unspecified atom stereocenters. The van der Waals surface area contributed by atoms with Crippen LogP contribution in [0.15, 0.2) is 47.4 Å². The molecule has 0 saturated heterocycles. The predicted molar refractivity (Wildman–Crippen MR) is 96.2 cm³/mol. The number of rotatable bonds is 5. The average molecular weight is 368 g/mol. The number of aromatic nitrogens is 5. The van der Waals surface area contributed by atoms with Crippen LogP contribution in [0.1, 0.15) is 16.3 Å². The van der Waals surface area contributed by atoms with E-state index >= 15 is 0 Å². The van der Waals surface area contributed by atoms with Gasteiger partial charge in [-0.25, -0.2) is 9.97 Å². The molecule has 0 spiro atoms. The smallest absolute Gasteiger partial charge is 0.271 e. The van der Waals surface area contributed by atoms with Gasteiger partial charge in [-0.3, -0.25) is 14.9 Å². The summed E-state index contributed by atoms with van der Waals surface area (Å²) in [5.74, 6) is 0.912. The minimum atomic E-state index is -0.235. The highest BCUT2D eigenvalue weighted by molar-refractivity contribution is 7.20. The lowest BCUT2D eigenvalue weighted by atomic mass is 10.2. The number of aromatic amines is 1. The number of pyridine rings is 1. The van der Waals surface area contributed by atoms with Gasteiger partial charge < -0.3 is 5.32 Å². The Kier molecular flexibility index (Phi) is 4.32. The molecular weight excluding hydrogens is 356 g/mol. The van der Waals surface area contributed by atoms with E-state index in [-0.39, 0.29) is 12.5 Å². The molecule has 0 fully saturated rings.